The molecule has 5 nitrogen and oxygen atoms in total. The summed E-state index contributed by atoms with van der Waals surface area (Å²) in [5.41, 5.74) is 3.25. The van der Waals surface area contributed by atoms with E-state index in [2.05, 4.69) is 43.1 Å². The van der Waals surface area contributed by atoms with Gasteiger partial charge in [-0.15, -0.1) is 0 Å². The minimum atomic E-state index is 0.00281. The van der Waals surface area contributed by atoms with E-state index in [-0.39, 0.29) is 19.1 Å². The molecule has 138 valence electrons. The summed E-state index contributed by atoms with van der Waals surface area (Å²) in [7, 11) is 2.09. The Bertz CT molecular complexity index is 745. The normalized spacial score (nSPS) is 16.6. The van der Waals surface area contributed by atoms with E-state index >= 15 is 0 Å². The fourth-order valence-corrected chi connectivity index (χ4v) is 3.27. The molecular formula is C21H26N2O3. The van der Waals surface area contributed by atoms with E-state index < -0.39 is 0 Å². The van der Waals surface area contributed by atoms with Gasteiger partial charge in [-0.3, -0.25) is 4.79 Å². The number of nitrogens with zero attached hydrogens (tertiary/aromatic N) is 2. The number of anilines is 1. The summed E-state index contributed by atoms with van der Waals surface area (Å²) in [6.07, 6.45) is 0.960. The highest BCUT2D eigenvalue weighted by molar-refractivity contribution is 5.78. The van der Waals surface area contributed by atoms with Crippen molar-refractivity contribution in [2.75, 3.05) is 31.6 Å². The highest BCUT2D eigenvalue weighted by Crippen LogP contribution is 2.22. The number of amides is 1. The van der Waals surface area contributed by atoms with Gasteiger partial charge >= 0.3 is 0 Å². The largest absolute Gasteiger partial charge is 0.484 e. The van der Waals surface area contributed by atoms with Crippen LogP contribution in [0.25, 0.3) is 0 Å². The molecule has 1 fully saturated rings. The summed E-state index contributed by atoms with van der Waals surface area (Å²) in [5.74, 6) is 0.652. The first-order valence-corrected chi connectivity index (χ1v) is 8.96. The molecule has 0 saturated carbocycles. The molecule has 1 amide bonds. The van der Waals surface area contributed by atoms with Crippen LogP contribution in [0.3, 0.4) is 0 Å². The van der Waals surface area contributed by atoms with E-state index in [1.165, 1.54) is 11.3 Å². The average molecular weight is 354 g/mol. The second-order valence-corrected chi connectivity index (χ2v) is 6.82. The molecule has 0 radical (unpaired) electrons. The second-order valence-electron chi connectivity index (χ2n) is 6.82. The van der Waals surface area contributed by atoms with Gasteiger partial charge < -0.3 is 19.6 Å². The number of aliphatic hydroxyl groups is 1. The lowest BCUT2D eigenvalue weighted by Gasteiger charge is -2.27. The molecule has 1 aliphatic rings. The topological polar surface area (TPSA) is 53.0 Å². The molecule has 0 spiro atoms. The van der Waals surface area contributed by atoms with Gasteiger partial charge in [-0.2, -0.15) is 0 Å². The van der Waals surface area contributed by atoms with Gasteiger partial charge in [0.15, 0.2) is 6.61 Å². The molecule has 1 N–H and O–H groups in total. The maximum absolute atomic E-state index is 12.4. The lowest BCUT2D eigenvalue weighted by atomic mass is 10.1. The Labute approximate surface area is 154 Å². The summed E-state index contributed by atoms with van der Waals surface area (Å²) in [6, 6.07) is 15.9. The predicted octanol–water partition coefficient (Wildman–Crippen LogP) is 2.60. The fraction of sp³-hybridized carbons (Fsp3) is 0.381. The fourth-order valence-electron chi connectivity index (χ4n) is 3.27. The average Bonchev–Trinajstić information content (AvgIpc) is 3.16. The Morgan fingerprint density at radius 1 is 1.27 bits per heavy atom. The lowest BCUT2D eigenvalue weighted by Crippen LogP contribution is -2.38. The third kappa shape index (κ3) is 4.35. The molecule has 26 heavy (non-hydrogen) atoms. The zero-order chi connectivity index (χ0) is 18.5. The van der Waals surface area contributed by atoms with Crippen LogP contribution in [0, 0.1) is 6.92 Å². The molecular weight excluding hydrogens is 328 g/mol. The van der Waals surface area contributed by atoms with Crippen molar-refractivity contribution in [3.05, 3.63) is 59.7 Å². The van der Waals surface area contributed by atoms with E-state index in [4.69, 9.17) is 9.84 Å². The van der Waals surface area contributed by atoms with Crippen LogP contribution < -0.4 is 9.64 Å². The summed E-state index contributed by atoms with van der Waals surface area (Å²) in [5, 5.41) is 9.05. The van der Waals surface area contributed by atoms with Gasteiger partial charge in [-0.25, -0.2) is 0 Å². The predicted molar refractivity (Wildman–Crippen MR) is 102 cm³/mol. The maximum atomic E-state index is 12.4. The van der Waals surface area contributed by atoms with Crippen LogP contribution >= 0.6 is 0 Å². The number of likely N-dealkylation sites (tertiary alicyclic amines) is 1. The molecule has 2 aromatic carbocycles. The minimum absolute atomic E-state index is 0.00281. The van der Waals surface area contributed by atoms with E-state index in [1.54, 1.807) is 24.3 Å². The van der Waals surface area contributed by atoms with Crippen LogP contribution in [0.2, 0.25) is 0 Å². The highest BCUT2D eigenvalue weighted by atomic mass is 16.5. The van der Waals surface area contributed by atoms with Gasteiger partial charge in [0, 0.05) is 31.9 Å². The number of hydrogen-bond donors (Lipinski definition) is 1. The Balaban J connectivity index is 1.51. The third-order valence-electron chi connectivity index (χ3n) is 4.94. The van der Waals surface area contributed by atoms with Crippen molar-refractivity contribution in [2.24, 2.45) is 0 Å². The van der Waals surface area contributed by atoms with Gasteiger partial charge in [0.2, 0.25) is 0 Å². The van der Waals surface area contributed by atoms with Crippen molar-refractivity contribution in [2.45, 2.75) is 26.0 Å². The molecule has 0 bridgehead atoms. The van der Waals surface area contributed by atoms with E-state index in [0.717, 1.165) is 25.1 Å². The van der Waals surface area contributed by atoms with Crippen molar-refractivity contribution < 1.29 is 14.6 Å². The van der Waals surface area contributed by atoms with Crippen LogP contribution in [0.4, 0.5) is 5.69 Å². The number of benzene rings is 2. The van der Waals surface area contributed by atoms with Crippen molar-refractivity contribution in [1.82, 2.24) is 4.90 Å². The van der Waals surface area contributed by atoms with Crippen LogP contribution in [0.15, 0.2) is 48.5 Å². The first kappa shape index (κ1) is 18.3. The molecule has 3 rings (SSSR count). The molecule has 0 aliphatic carbocycles. The van der Waals surface area contributed by atoms with Gasteiger partial charge in [0.05, 0.1) is 6.61 Å². The van der Waals surface area contributed by atoms with Gasteiger partial charge in [-0.05, 0) is 48.7 Å². The van der Waals surface area contributed by atoms with E-state index in [0.29, 0.717) is 11.8 Å². The van der Waals surface area contributed by atoms with Crippen molar-refractivity contribution >= 4 is 11.6 Å². The number of carbonyl (C=O) groups is 1. The standard InChI is InChI=1S/C21H26N2O3/c1-16-4-3-5-18(12-16)22(2)19-10-11-23(13-19)21(25)15-26-20-8-6-17(14-24)7-9-20/h3-9,12,19,24H,10-11,13-15H2,1-2H3. The van der Waals surface area contributed by atoms with Crippen LogP contribution in [0.5, 0.6) is 5.75 Å². The molecule has 1 unspecified atom stereocenters. The SMILES string of the molecule is Cc1cccc(N(C)C2CCN(C(=O)COc3ccc(CO)cc3)C2)c1. The van der Waals surface area contributed by atoms with E-state index in [9.17, 15) is 4.79 Å². The molecule has 0 aromatic heterocycles. The number of hydrogen-bond acceptors (Lipinski definition) is 4. The summed E-state index contributed by atoms with van der Waals surface area (Å²) >= 11 is 0. The minimum Gasteiger partial charge on any atom is -0.484 e. The first-order chi connectivity index (χ1) is 12.6. The Morgan fingerprint density at radius 2 is 2.04 bits per heavy atom. The van der Waals surface area contributed by atoms with Crippen molar-refractivity contribution in [1.29, 1.82) is 0 Å². The molecule has 1 saturated heterocycles. The monoisotopic (exact) mass is 354 g/mol. The third-order valence-corrected chi connectivity index (χ3v) is 4.94. The Hall–Kier alpha value is -2.53. The first-order valence-electron chi connectivity index (χ1n) is 8.96. The highest BCUT2D eigenvalue weighted by Gasteiger charge is 2.29. The van der Waals surface area contributed by atoms with Crippen molar-refractivity contribution in [3.63, 3.8) is 0 Å². The number of rotatable bonds is 6. The molecule has 2 aromatic rings. The number of aliphatic hydroxyl groups excluding tert-OH is 1. The molecule has 1 atom stereocenters. The van der Waals surface area contributed by atoms with Gasteiger partial charge in [0.25, 0.3) is 5.91 Å². The lowest BCUT2D eigenvalue weighted by molar-refractivity contribution is -0.132. The van der Waals surface area contributed by atoms with Gasteiger partial charge in [-0.1, -0.05) is 24.3 Å². The summed E-state index contributed by atoms with van der Waals surface area (Å²) in [6.45, 7) is 3.61. The molecule has 1 aliphatic heterocycles. The number of carbonyl (C=O) groups excluding carboxylic acids is 1. The number of ether oxygens (including phenoxy) is 1. The zero-order valence-corrected chi connectivity index (χ0v) is 15.4. The van der Waals surface area contributed by atoms with Gasteiger partial charge in [0.1, 0.15) is 5.75 Å². The van der Waals surface area contributed by atoms with E-state index in [1.807, 2.05) is 4.90 Å². The second kappa shape index (κ2) is 8.23. The summed E-state index contributed by atoms with van der Waals surface area (Å²) in [4.78, 5) is 16.6. The maximum Gasteiger partial charge on any atom is 0.260 e. The van der Waals surface area contributed by atoms with Crippen molar-refractivity contribution in [3.8, 4) is 5.75 Å². The number of aryl methyl sites for hydroxylation is 1. The summed E-state index contributed by atoms with van der Waals surface area (Å²) < 4.78 is 5.59. The quantitative estimate of drug-likeness (QED) is 0.866. The van der Waals surface area contributed by atoms with Crippen LogP contribution in [0.1, 0.15) is 17.5 Å². The van der Waals surface area contributed by atoms with Crippen LogP contribution in [-0.2, 0) is 11.4 Å². The number of likely N-dealkylation sites (N-methyl/N-ethyl adjacent to an activating group) is 1. The molecule has 1 heterocycles. The smallest absolute Gasteiger partial charge is 0.260 e. The Kier molecular flexibility index (Phi) is 5.78. The van der Waals surface area contributed by atoms with Crippen LogP contribution in [-0.4, -0.2) is 48.7 Å². The Morgan fingerprint density at radius 3 is 2.73 bits per heavy atom. The zero-order valence-electron chi connectivity index (χ0n) is 15.4. The molecule has 5 heteroatoms.